The number of hydrogen-bond donors (Lipinski definition) is 0. The van der Waals surface area contributed by atoms with Gasteiger partial charge in [-0.25, -0.2) is 0 Å². The summed E-state index contributed by atoms with van der Waals surface area (Å²) in [5.74, 6) is 0.406. The van der Waals surface area contributed by atoms with Crippen molar-refractivity contribution in [3.05, 3.63) is 34.3 Å². The Morgan fingerprint density at radius 3 is 2.87 bits per heavy atom. The molecule has 80 valence electrons. The van der Waals surface area contributed by atoms with Gasteiger partial charge < -0.3 is 0 Å². The molecule has 0 aliphatic heterocycles. The van der Waals surface area contributed by atoms with Crippen molar-refractivity contribution in [2.75, 3.05) is 0 Å². The van der Waals surface area contributed by atoms with E-state index in [-0.39, 0.29) is 5.41 Å². The predicted octanol–water partition coefficient (Wildman–Crippen LogP) is 3.85. The average molecular weight is 267 g/mol. The molecule has 1 atom stereocenters. The summed E-state index contributed by atoms with van der Waals surface area (Å²) in [6, 6.07) is 8.34. The van der Waals surface area contributed by atoms with E-state index >= 15 is 0 Å². The van der Waals surface area contributed by atoms with E-state index in [2.05, 4.69) is 35.0 Å². The number of ketones is 1. The second kappa shape index (κ2) is 4.09. The fourth-order valence-electron chi connectivity index (χ4n) is 2.40. The molecule has 0 saturated heterocycles. The fourth-order valence-corrected chi connectivity index (χ4v) is 2.80. The number of benzene rings is 1. The van der Waals surface area contributed by atoms with E-state index in [1.807, 2.05) is 12.1 Å². The van der Waals surface area contributed by atoms with Gasteiger partial charge in [0.25, 0.3) is 0 Å². The zero-order chi connectivity index (χ0) is 10.9. The number of carbonyl (C=O) groups is 1. The summed E-state index contributed by atoms with van der Waals surface area (Å²) in [6.07, 6.45) is 3.62. The Hall–Kier alpha value is -0.630. The van der Waals surface area contributed by atoms with Crippen LogP contribution in [-0.2, 0) is 10.2 Å². The van der Waals surface area contributed by atoms with Crippen molar-refractivity contribution in [2.24, 2.45) is 0 Å². The van der Waals surface area contributed by atoms with Crippen LogP contribution in [0, 0.1) is 0 Å². The molecule has 1 saturated carbocycles. The van der Waals surface area contributed by atoms with Gasteiger partial charge in [-0.05, 0) is 36.0 Å². The van der Waals surface area contributed by atoms with Gasteiger partial charge in [-0.15, -0.1) is 0 Å². The van der Waals surface area contributed by atoms with Crippen LogP contribution in [0.15, 0.2) is 28.7 Å². The predicted molar refractivity (Wildman–Crippen MR) is 65.0 cm³/mol. The molecule has 0 bridgehead atoms. The molecule has 1 aliphatic carbocycles. The van der Waals surface area contributed by atoms with E-state index < -0.39 is 0 Å². The van der Waals surface area contributed by atoms with E-state index in [1.54, 1.807) is 0 Å². The summed E-state index contributed by atoms with van der Waals surface area (Å²) in [4.78, 5) is 11.5. The highest BCUT2D eigenvalue weighted by Crippen LogP contribution is 2.38. The third-order valence-electron chi connectivity index (χ3n) is 3.29. The number of carbonyl (C=O) groups excluding carboxylic acids is 1. The van der Waals surface area contributed by atoms with E-state index in [1.165, 1.54) is 5.56 Å². The van der Waals surface area contributed by atoms with Crippen LogP contribution in [0.3, 0.4) is 0 Å². The largest absolute Gasteiger partial charge is 0.300 e. The smallest absolute Gasteiger partial charge is 0.133 e. The molecule has 1 nitrogen and oxygen atoms in total. The van der Waals surface area contributed by atoms with Crippen LogP contribution in [0.4, 0.5) is 0 Å². The van der Waals surface area contributed by atoms with Crippen molar-refractivity contribution >= 4 is 21.7 Å². The summed E-state index contributed by atoms with van der Waals surface area (Å²) in [5.41, 5.74) is 1.34. The Morgan fingerprint density at radius 2 is 2.20 bits per heavy atom. The van der Waals surface area contributed by atoms with Crippen LogP contribution in [0.5, 0.6) is 0 Å². The molecule has 0 aromatic heterocycles. The van der Waals surface area contributed by atoms with Crippen molar-refractivity contribution in [3.8, 4) is 0 Å². The molecule has 0 heterocycles. The van der Waals surface area contributed by atoms with Gasteiger partial charge in [0, 0.05) is 17.3 Å². The lowest BCUT2D eigenvalue weighted by Crippen LogP contribution is -2.29. The van der Waals surface area contributed by atoms with Crippen LogP contribution in [0.25, 0.3) is 0 Å². The lowest BCUT2D eigenvalue weighted by Gasteiger charge is -2.33. The number of rotatable bonds is 1. The monoisotopic (exact) mass is 266 g/mol. The average Bonchev–Trinajstić information content (AvgIpc) is 2.17. The molecule has 2 rings (SSSR count). The Labute approximate surface area is 99.0 Å². The first-order chi connectivity index (χ1) is 7.10. The highest BCUT2D eigenvalue weighted by Gasteiger charge is 2.32. The topological polar surface area (TPSA) is 17.1 Å². The quantitative estimate of drug-likeness (QED) is 0.755. The van der Waals surface area contributed by atoms with Crippen LogP contribution in [-0.4, -0.2) is 5.78 Å². The third-order valence-corrected chi connectivity index (χ3v) is 3.79. The molecule has 1 aromatic carbocycles. The van der Waals surface area contributed by atoms with Crippen LogP contribution < -0.4 is 0 Å². The maximum Gasteiger partial charge on any atom is 0.133 e. The summed E-state index contributed by atoms with van der Waals surface area (Å²) >= 11 is 3.48. The van der Waals surface area contributed by atoms with Crippen LogP contribution >= 0.6 is 15.9 Å². The molecule has 0 N–H and O–H groups in total. The SMILES string of the molecule is C[C@@]1(c2cccc(Br)c2)CCCC(=O)C1. The van der Waals surface area contributed by atoms with E-state index in [0.29, 0.717) is 12.2 Å². The van der Waals surface area contributed by atoms with Crippen molar-refractivity contribution in [1.29, 1.82) is 0 Å². The molecular formula is C13H15BrO. The van der Waals surface area contributed by atoms with Crippen molar-refractivity contribution in [1.82, 2.24) is 0 Å². The first-order valence-electron chi connectivity index (χ1n) is 5.38. The second-order valence-electron chi connectivity index (χ2n) is 4.64. The summed E-state index contributed by atoms with van der Waals surface area (Å²) in [6.45, 7) is 2.20. The molecule has 0 amide bonds. The molecular weight excluding hydrogens is 252 g/mol. The Morgan fingerprint density at radius 1 is 1.40 bits per heavy atom. The molecule has 1 fully saturated rings. The second-order valence-corrected chi connectivity index (χ2v) is 5.56. The van der Waals surface area contributed by atoms with Gasteiger partial charge in [-0.1, -0.05) is 35.0 Å². The van der Waals surface area contributed by atoms with Gasteiger partial charge in [0.05, 0.1) is 0 Å². The molecule has 15 heavy (non-hydrogen) atoms. The Bertz CT molecular complexity index is 386. The minimum absolute atomic E-state index is 0.0547. The maximum absolute atomic E-state index is 11.5. The molecule has 1 aromatic rings. The fraction of sp³-hybridized carbons (Fsp3) is 0.462. The van der Waals surface area contributed by atoms with Crippen molar-refractivity contribution < 1.29 is 4.79 Å². The first-order valence-corrected chi connectivity index (χ1v) is 6.17. The van der Waals surface area contributed by atoms with Crippen LogP contribution in [0.2, 0.25) is 0 Å². The van der Waals surface area contributed by atoms with Crippen molar-refractivity contribution in [3.63, 3.8) is 0 Å². The van der Waals surface area contributed by atoms with Gasteiger partial charge in [0.1, 0.15) is 5.78 Å². The molecule has 0 spiro atoms. The summed E-state index contributed by atoms with van der Waals surface area (Å²) in [7, 11) is 0. The zero-order valence-electron chi connectivity index (χ0n) is 8.92. The molecule has 0 radical (unpaired) electrons. The minimum atomic E-state index is 0.0547. The van der Waals surface area contributed by atoms with Gasteiger partial charge >= 0.3 is 0 Å². The Kier molecular flexibility index (Phi) is 2.96. The van der Waals surface area contributed by atoms with Gasteiger partial charge in [-0.2, -0.15) is 0 Å². The lowest BCUT2D eigenvalue weighted by molar-refractivity contribution is -0.121. The number of Topliss-reactive ketones (excluding diaryl/α,β-unsaturated/α-hetero) is 1. The number of hydrogen-bond acceptors (Lipinski definition) is 1. The van der Waals surface area contributed by atoms with Crippen molar-refractivity contribution in [2.45, 2.75) is 38.0 Å². The minimum Gasteiger partial charge on any atom is -0.300 e. The van der Waals surface area contributed by atoms with Gasteiger partial charge in [0.2, 0.25) is 0 Å². The van der Waals surface area contributed by atoms with E-state index in [4.69, 9.17) is 0 Å². The molecule has 0 unspecified atom stereocenters. The van der Waals surface area contributed by atoms with Gasteiger partial charge in [0.15, 0.2) is 0 Å². The Balaban J connectivity index is 2.32. The first kappa shape index (κ1) is 10.9. The van der Waals surface area contributed by atoms with E-state index in [0.717, 1.165) is 23.7 Å². The summed E-state index contributed by atoms with van der Waals surface area (Å²) in [5, 5.41) is 0. The van der Waals surface area contributed by atoms with E-state index in [9.17, 15) is 4.79 Å². The lowest BCUT2D eigenvalue weighted by atomic mass is 9.70. The third kappa shape index (κ3) is 2.31. The highest BCUT2D eigenvalue weighted by molar-refractivity contribution is 9.10. The van der Waals surface area contributed by atoms with Crippen LogP contribution in [0.1, 0.15) is 38.2 Å². The normalized spacial score (nSPS) is 26.7. The van der Waals surface area contributed by atoms with Gasteiger partial charge in [-0.3, -0.25) is 4.79 Å². The zero-order valence-corrected chi connectivity index (χ0v) is 10.5. The standard InChI is InChI=1S/C13H15BrO/c1-13(7-3-6-12(15)9-13)10-4-2-5-11(14)8-10/h2,4-5,8H,3,6-7,9H2,1H3/t13-/m1/s1. The number of halogens is 1. The maximum atomic E-state index is 11.5. The summed E-state index contributed by atoms with van der Waals surface area (Å²) < 4.78 is 1.10. The highest BCUT2D eigenvalue weighted by atomic mass is 79.9. The molecule has 1 aliphatic rings. The molecule has 2 heteroatoms.